The summed E-state index contributed by atoms with van der Waals surface area (Å²) in [7, 11) is 0. The van der Waals surface area contributed by atoms with Crippen LogP contribution in [0.1, 0.15) is 23.0 Å². The molecule has 0 fully saturated rings. The summed E-state index contributed by atoms with van der Waals surface area (Å²) in [6.45, 7) is 1.82. The van der Waals surface area contributed by atoms with Crippen molar-refractivity contribution in [3.63, 3.8) is 0 Å². The molecule has 3 N–H and O–H groups in total. The van der Waals surface area contributed by atoms with E-state index in [1.165, 1.54) is 0 Å². The van der Waals surface area contributed by atoms with E-state index in [2.05, 4.69) is 4.98 Å². The minimum absolute atomic E-state index is 0.444. The molecule has 1 atom stereocenters. The molecule has 4 nitrogen and oxygen atoms in total. The maximum absolute atomic E-state index is 10.0. The van der Waals surface area contributed by atoms with Gasteiger partial charge in [-0.1, -0.05) is 0 Å². The molecule has 0 bridgehead atoms. The molecule has 16 heavy (non-hydrogen) atoms. The van der Waals surface area contributed by atoms with Crippen molar-refractivity contribution in [3.05, 3.63) is 47.7 Å². The quantitative estimate of drug-likeness (QED) is 0.824. The lowest BCUT2D eigenvalue weighted by atomic mass is 10.0. The van der Waals surface area contributed by atoms with Gasteiger partial charge in [0.05, 0.1) is 12.4 Å². The van der Waals surface area contributed by atoms with Crippen molar-refractivity contribution in [1.29, 1.82) is 0 Å². The molecule has 0 aliphatic heterocycles. The molecule has 0 radical (unpaired) electrons. The first-order valence-corrected chi connectivity index (χ1v) is 5.09. The van der Waals surface area contributed by atoms with E-state index in [1.54, 1.807) is 30.8 Å². The van der Waals surface area contributed by atoms with E-state index in [1.807, 2.05) is 6.92 Å². The first-order valence-electron chi connectivity index (χ1n) is 5.09. The Kier molecular flexibility index (Phi) is 2.92. The number of anilines is 1. The number of aliphatic hydroxyl groups is 1. The molecular formula is C12H14N2O2. The first kappa shape index (κ1) is 10.7. The Morgan fingerprint density at radius 2 is 2.31 bits per heavy atom. The average molecular weight is 218 g/mol. The van der Waals surface area contributed by atoms with E-state index in [4.69, 9.17) is 10.2 Å². The van der Waals surface area contributed by atoms with Gasteiger partial charge in [-0.25, -0.2) is 0 Å². The Bertz CT molecular complexity index is 479. The third-order valence-electron chi connectivity index (χ3n) is 2.61. The van der Waals surface area contributed by atoms with Gasteiger partial charge in [0, 0.05) is 30.1 Å². The molecule has 0 spiro atoms. The highest BCUT2D eigenvalue weighted by Gasteiger charge is 2.14. The normalized spacial score (nSPS) is 12.6. The monoisotopic (exact) mass is 218 g/mol. The van der Waals surface area contributed by atoms with Crippen LogP contribution in [0.25, 0.3) is 0 Å². The predicted molar refractivity (Wildman–Crippen MR) is 60.8 cm³/mol. The van der Waals surface area contributed by atoms with Crippen molar-refractivity contribution in [3.8, 4) is 0 Å². The second kappa shape index (κ2) is 4.37. The van der Waals surface area contributed by atoms with Crippen LogP contribution >= 0.6 is 0 Å². The fourth-order valence-electron chi connectivity index (χ4n) is 1.67. The molecule has 0 saturated carbocycles. The van der Waals surface area contributed by atoms with Crippen LogP contribution in [0.2, 0.25) is 0 Å². The van der Waals surface area contributed by atoms with Crippen LogP contribution in [0.3, 0.4) is 0 Å². The number of nitrogen functional groups attached to an aromatic ring is 1. The van der Waals surface area contributed by atoms with Crippen LogP contribution in [0.15, 0.2) is 35.2 Å². The van der Waals surface area contributed by atoms with Crippen molar-refractivity contribution in [1.82, 2.24) is 4.98 Å². The van der Waals surface area contributed by atoms with Crippen LogP contribution in [0.5, 0.6) is 0 Å². The maximum atomic E-state index is 10.0. The number of nitrogens with zero attached hydrogens (tertiary/aromatic N) is 1. The van der Waals surface area contributed by atoms with Gasteiger partial charge in [-0.15, -0.1) is 0 Å². The Balaban J connectivity index is 2.17. The number of hydrogen-bond donors (Lipinski definition) is 2. The van der Waals surface area contributed by atoms with Crippen molar-refractivity contribution < 1.29 is 9.52 Å². The maximum Gasteiger partial charge on any atom is 0.106 e. The van der Waals surface area contributed by atoms with Crippen LogP contribution in [-0.2, 0) is 6.42 Å². The van der Waals surface area contributed by atoms with Crippen molar-refractivity contribution in [2.75, 3.05) is 5.73 Å². The summed E-state index contributed by atoms with van der Waals surface area (Å²) in [4.78, 5) is 3.99. The number of pyridine rings is 1. The summed E-state index contributed by atoms with van der Waals surface area (Å²) in [6.07, 6.45) is 4.72. The summed E-state index contributed by atoms with van der Waals surface area (Å²) >= 11 is 0. The average Bonchev–Trinajstić information content (AvgIpc) is 2.68. The summed E-state index contributed by atoms with van der Waals surface area (Å²) in [5, 5.41) is 10.0. The van der Waals surface area contributed by atoms with Crippen molar-refractivity contribution in [2.45, 2.75) is 19.4 Å². The van der Waals surface area contributed by atoms with Crippen molar-refractivity contribution in [2.24, 2.45) is 0 Å². The lowest BCUT2D eigenvalue weighted by Crippen LogP contribution is -2.04. The Hall–Kier alpha value is -1.81. The zero-order valence-corrected chi connectivity index (χ0v) is 9.05. The van der Waals surface area contributed by atoms with Crippen LogP contribution in [0, 0.1) is 6.92 Å². The predicted octanol–water partition coefficient (Wildman–Crippen LogP) is 1.84. The molecule has 2 heterocycles. The number of hydrogen-bond acceptors (Lipinski definition) is 4. The van der Waals surface area contributed by atoms with Gasteiger partial charge in [0.25, 0.3) is 0 Å². The fourth-order valence-corrected chi connectivity index (χ4v) is 1.67. The largest absolute Gasteiger partial charge is 0.469 e. The van der Waals surface area contributed by atoms with Gasteiger partial charge in [-0.2, -0.15) is 0 Å². The number of aryl methyl sites for hydroxylation is 1. The summed E-state index contributed by atoms with van der Waals surface area (Å²) in [5.74, 6) is 0.731. The number of aliphatic hydroxyl groups excluding tert-OH is 1. The van der Waals surface area contributed by atoms with E-state index in [0.29, 0.717) is 12.1 Å². The van der Waals surface area contributed by atoms with Gasteiger partial charge in [0.1, 0.15) is 5.76 Å². The minimum Gasteiger partial charge on any atom is -0.469 e. The van der Waals surface area contributed by atoms with Gasteiger partial charge in [0.15, 0.2) is 0 Å². The van der Waals surface area contributed by atoms with E-state index in [-0.39, 0.29) is 0 Å². The molecule has 0 saturated heterocycles. The fraction of sp³-hybridized carbons (Fsp3) is 0.250. The van der Waals surface area contributed by atoms with Crippen LogP contribution < -0.4 is 5.73 Å². The summed E-state index contributed by atoms with van der Waals surface area (Å²) in [5.41, 5.74) is 8.07. The highest BCUT2D eigenvalue weighted by molar-refractivity contribution is 5.45. The smallest absolute Gasteiger partial charge is 0.106 e. The molecule has 84 valence electrons. The molecule has 0 amide bonds. The lowest BCUT2D eigenvalue weighted by molar-refractivity contribution is 0.176. The molecule has 2 aromatic rings. The van der Waals surface area contributed by atoms with E-state index in [0.717, 1.165) is 16.9 Å². The number of furan rings is 1. The van der Waals surface area contributed by atoms with E-state index in [9.17, 15) is 5.11 Å². The Morgan fingerprint density at radius 1 is 1.50 bits per heavy atom. The molecule has 1 unspecified atom stereocenters. The lowest BCUT2D eigenvalue weighted by Gasteiger charge is -2.10. The number of nitrogens with two attached hydrogens (primary N) is 1. The number of rotatable bonds is 3. The topological polar surface area (TPSA) is 72.3 Å². The Labute approximate surface area is 93.7 Å². The Morgan fingerprint density at radius 3 is 2.94 bits per heavy atom. The standard InChI is InChI=1S/C12H14N2O2/c1-8-10(3-5-16-8)12(15)6-9-7-14-4-2-11(9)13/h2-5,7,12,15H,6H2,1H3,(H2,13,14). The van der Waals surface area contributed by atoms with E-state index >= 15 is 0 Å². The summed E-state index contributed by atoms with van der Waals surface area (Å²) < 4.78 is 5.15. The molecule has 0 aromatic carbocycles. The molecule has 2 rings (SSSR count). The third-order valence-corrected chi connectivity index (χ3v) is 2.61. The van der Waals surface area contributed by atoms with Crippen LogP contribution in [0.4, 0.5) is 5.69 Å². The second-order valence-corrected chi connectivity index (χ2v) is 3.73. The molecule has 2 aromatic heterocycles. The van der Waals surface area contributed by atoms with Gasteiger partial charge < -0.3 is 15.3 Å². The first-order chi connectivity index (χ1) is 7.68. The third kappa shape index (κ3) is 2.06. The van der Waals surface area contributed by atoms with Gasteiger partial charge in [0.2, 0.25) is 0 Å². The molecular weight excluding hydrogens is 204 g/mol. The zero-order valence-electron chi connectivity index (χ0n) is 9.05. The highest BCUT2D eigenvalue weighted by atomic mass is 16.3. The van der Waals surface area contributed by atoms with Crippen molar-refractivity contribution >= 4 is 5.69 Å². The number of aromatic nitrogens is 1. The van der Waals surface area contributed by atoms with Crippen LogP contribution in [-0.4, -0.2) is 10.1 Å². The summed E-state index contributed by atoms with van der Waals surface area (Å²) in [6, 6.07) is 3.50. The SMILES string of the molecule is Cc1occc1C(O)Cc1cnccc1N. The second-order valence-electron chi connectivity index (χ2n) is 3.73. The molecule has 4 heteroatoms. The highest BCUT2D eigenvalue weighted by Crippen LogP contribution is 2.24. The van der Waals surface area contributed by atoms with E-state index < -0.39 is 6.10 Å². The molecule has 0 aliphatic rings. The van der Waals surface area contributed by atoms with Gasteiger partial charge in [-0.05, 0) is 24.6 Å². The minimum atomic E-state index is -0.606. The zero-order chi connectivity index (χ0) is 11.5. The molecule has 0 aliphatic carbocycles. The van der Waals surface area contributed by atoms with Gasteiger partial charge >= 0.3 is 0 Å². The van der Waals surface area contributed by atoms with Gasteiger partial charge in [-0.3, -0.25) is 4.98 Å².